The Morgan fingerprint density at radius 3 is 3.21 bits per heavy atom. The molecule has 5 nitrogen and oxygen atoms in total. The third kappa shape index (κ3) is 1.06. The van der Waals surface area contributed by atoms with E-state index in [1.54, 1.807) is 0 Å². The fraction of sp³-hybridized carbons (Fsp3) is 0.667. The largest absolute Gasteiger partial charge is 0.377 e. The maximum absolute atomic E-state index is 11.4. The summed E-state index contributed by atoms with van der Waals surface area (Å²) in [6.45, 7) is 2.19. The van der Waals surface area contributed by atoms with E-state index in [1.807, 2.05) is 0 Å². The zero-order valence-electron chi connectivity index (χ0n) is 7.80. The molecule has 14 heavy (non-hydrogen) atoms. The van der Waals surface area contributed by atoms with E-state index >= 15 is 0 Å². The van der Waals surface area contributed by atoms with Crippen LogP contribution < -0.4 is 16.2 Å². The maximum Gasteiger partial charge on any atom is 0.248 e. The first kappa shape index (κ1) is 8.26. The first-order chi connectivity index (χ1) is 6.86. The summed E-state index contributed by atoms with van der Waals surface area (Å²) in [6.07, 6.45) is 1.00. The van der Waals surface area contributed by atoms with Crippen LogP contribution in [0.3, 0.4) is 0 Å². The summed E-state index contributed by atoms with van der Waals surface area (Å²) in [7, 11) is 0. The van der Waals surface area contributed by atoms with Crippen molar-refractivity contribution in [2.45, 2.75) is 12.5 Å². The predicted octanol–water partition coefficient (Wildman–Crippen LogP) is -1.12. The van der Waals surface area contributed by atoms with Crippen molar-refractivity contribution in [1.82, 2.24) is 16.2 Å². The van der Waals surface area contributed by atoms with Crippen molar-refractivity contribution in [3.05, 3.63) is 11.3 Å². The van der Waals surface area contributed by atoms with Crippen LogP contribution >= 0.6 is 0 Å². The van der Waals surface area contributed by atoms with Gasteiger partial charge in [0.15, 0.2) is 0 Å². The zero-order valence-corrected chi connectivity index (χ0v) is 7.80. The molecule has 0 aliphatic carbocycles. The van der Waals surface area contributed by atoms with Crippen LogP contribution in [0.25, 0.3) is 0 Å². The molecule has 0 radical (unpaired) electrons. The highest BCUT2D eigenvalue weighted by molar-refractivity contribution is 5.84. The van der Waals surface area contributed by atoms with Gasteiger partial charge in [0.25, 0.3) is 0 Å². The van der Waals surface area contributed by atoms with Gasteiger partial charge in [0.2, 0.25) is 5.91 Å². The molecule has 76 valence electrons. The van der Waals surface area contributed by atoms with Gasteiger partial charge in [-0.1, -0.05) is 0 Å². The highest BCUT2D eigenvalue weighted by Crippen LogP contribution is 2.27. The number of rotatable bonds is 0. The summed E-state index contributed by atoms with van der Waals surface area (Å²) in [5.74, 6) is 0.0203. The van der Waals surface area contributed by atoms with Crippen molar-refractivity contribution in [3.8, 4) is 0 Å². The van der Waals surface area contributed by atoms with Crippen molar-refractivity contribution in [2.24, 2.45) is 5.92 Å². The van der Waals surface area contributed by atoms with Gasteiger partial charge in [-0.25, -0.2) is 0 Å². The summed E-state index contributed by atoms with van der Waals surface area (Å²) in [6, 6.07) is 0.398. The van der Waals surface area contributed by atoms with Gasteiger partial charge in [-0.15, -0.1) is 0 Å². The van der Waals surface area contributed by atoms with Crippen molar-refractivity contribution in [3.63, 3.8) is 0 Å². The number of carbonyl (C=O) groups excluding carboxylic acids is 1. The molecule has 2 atom stereocenters. The van der Waals surface area contributed by atoms with Crippen molar-refractivity contribution in [1.29, 1.82) is 0 Å². The number of amides is 1. The fourth-order valence-corrected chi connectivity index (χ4v) is 2.34. The Bertz CT molecular complexity index is 313. The van der Waals surface area contributed by atoms with Gasteiger partial charge in [-0.3, -0.25) is 10.2 Å². The minimum Gasteiger partial charge on any atom is -0.377 e. The van der Waals surface area contributed by atoms with Crippen LogP contribution in [0.1, 0.15) is 6.42 Å². The number of ether oxygens (including phenoxy) is 1. The van der Waals surface area contributed by atoms with E-state index in [4.69, 9.17) is 4.74 Å². The first-order valence-electron chi connectivity index (χ1n) is 4.96. The van der Waals surface area contributed by atoms with Gasteiger partial charge in [0, 0.05) is 24.9 Å². The highest BCUT2D eigenvalue weighted by Gasteiger charge is 2.38. The van der Waals surface area contributed by atoms with Crippen LogP contribution in [-0.4, -0.2) is 31.7 Å². The number of hydrazine groups is 1. The van der Waals surface area contributed by atoms with E-state index in [0.29, 0.717) is 12.6 Å². The Morgan fingerprint density at radius 1 is 1.36 bits per heavy atom. The number of hydrogen-bond acceptors (Lipinski definition) is 4. The van der Waals surface area contributed by atoms with E-state index in [1.165, 1.54) is 5.57 Å². The molecule has 2 unspecified atom stereocenters. The molecule has 3 aliphatic heterocycles. The van der Waals surface area contributed by atoms with E-state index in [9.17, 15) is 4.79 Å². The molecular weight excluding hydrogens is 182 g/mol. The van der Waals surface area contributed by atoms with Crippen LogP contribution in [0.2, 0.25) is 0 Å². The van der Waals surface area contributed by atoms with Crippen LogP contribution in [0.5, 0.6) is 0 Å². The lowest BCUT2D eigenvalue weighted by molar-refractivity contribution is -0.122. The Hall–Kier alpha value is -1.07. The summed E-state index contributed by atoms with van der Waals surface area (Å²) >= 11 is 0. The molecule has 1 amide bonds. The smallest absolute Gasteiger partial charge is 0.248 e. The van der Waals surface area contributed by atoms with E-state index in [0.717, 1.165) is 25.3 Å². The lowest BCUT2D eigenvalue weighted by atomic mass is 9.90. The molecule has 0 aromatic carbocycles. The zero-order chi connectivity index (χ0) is 9.54. The first-order valence-corrected chi connectivity index (χ1v) is 4.96. The molecule has 2 fully saturated rings. The van der Waals surface area contributed by atoms with Gasteiger partial charge < -0.3 is 15.5 Å². The third-order valence-corrected chi connectivity index (χ3v) is 3.13. The quantitative estimate of drug-likeness (QED) is 0.458. The van der Waals surface area contributed by atoms with Crippen molar-refractivity contribution < 1.29 is 9.53 Å². The van der Waals surface area contributed by atoms with Gasteiger partial charge in [0.05, 0.1) is 12.5 Å². The summed E-state index contributed by atoms with van der Waals surface area (Å²) in [5, 5.41) is 3.38. The Kier molecular flexibility index (Phi) is 1.75. The lowest BCUT2D eigenvalue weighted by Crippen LogP contribution is -2.46. The number of fused-ring (bicyclic) bond motifs is 2. The summed E-state index contributed by atoms with van der Waals surface area (Å²) in [4.78, 5) is 11.4. The molecule has 3 aliphatic rings. The molecule has 3 heterocycles. The van der Waals surface area contributed by atoms with Crippen LogP contribution in [0.15, 0.2) is 11.3 Å². The van der Waals surface area contributed by atoms with E-state index < -0.39 is 0 Å². The van der Waals surface area contributed by atoms with Gasteiger partial charge in [-0.05, 0) is 12.0 Å². The monoisotopic (exact) mass is 195 g/mol. The molecular formula is C9H13N3O2. The minimum atomic E-state index is -0.0389. The molecule has 3 N–H and O–H groups in total. The third-order valence-electron chi connectivity index (χ3n) is 3.13. The normalized spacial score (nSPS) is 35.9. The van der Waals surface area contributed by atoms with Gasteiger partial charge >= 0.3 is 0 Å². The second-order valence-electron chi connectivity index (χ2n) is 3.91. The molecule has 2 saturated heterocycles. The summed E-state index contributed by atoms with van der Waals surface area (Å²) in [5.41, 5.74) is 7.87. The molecule has 0 spiro atoms. The van der Waals surface area contributed by atoms with Crippen LogP contribution in [0, 0.1) is 5.92 Å². The number of nitrogens with one attached hydrogen (secondary N) is 3. The van der Waals surface area contributed by atoms with Gasteiger partial charge in [0.1, 0.15) is 0 Å². The topological polar surface area (TPSA) is 62.4 Å². The Labute approximate surface area is 81.8 Å². The van der Waals surface area contributed by atoms with Crippen LogP contribution in [0.4, 0.5) is 0 Å². The molecule has 0 bridgehead atoms. The second-order valence-corrected chi connectivity index (χ2v) is 3.91. The molecule has 0 aromatic heterocycles. The Morgan fingerprint density at radius 2 is 2.29 bits per heavy atom. The average molecular weight is 195 g/mol. The average Bonchev–Trinajstić information content (AvgIpc) is 2.61. The standard InChI is InChI=1S/C9H13N3O2/c13-9-5-3-10-7-1-2-14-4-6(7)8(5)11-12-9/h5,7,10-11H,1-4H2,(H,12,13). The van der Waals surface area contributed by atoms with Crippen molar-refractivity contribution >= 4 is 5.91 Å². The van der Waals surface area contributed by atoms with Gasteiger partial charge in [-0.2, -0.15) is 0 Å². The number of hydrogen-bond donors (Lipinski definition) is 3. The van der Waals surface area contributed by atoms with E-state index in [2.05, 4.69) is 16.2 Å². The SMILES string of the molecule is O=C1NNC2=C3COCCC3NCC12. The number of carbonyl (C=O) groups is 1. The fourth-order valence-electron chi connectivity index (χ4n) is 2.34. The second kappa shape index (κ2) is 2.96. The molecule has 5 heteroatoms. The van der Waals surface area contributed by atoms with E-state index in [-0.39, 0.29) is 11.8 Å². The molecule has 0 saturated carbocycles. The Balaban J connectivity index is 1.98. The molecule has 0 aromatic rings. The minimum absolute atomic E-state index is 0.0389. The van der Waals surface area contributed by atoms with Crippen molar-refractivity contribution in [2.75, 3.05) is 19.8 Å². The lowest BCUT2D eigenvalue weighted by Gasteiger charge is -2.33. The molecule has 3 rings (SSSR count). The maximum atomic E-state index is 11.4. The van der Waals surface area contributed by atoms with Crippen LogP contribution in [-0.2, 0) is 9.53 Å². The predicted molar refractivity (Wildman–Crippen MR) is 49.0 cm³/mol. The highest BCUT2D eigenvalue weighted by atomic mass is 16.5. The summed E-state index contributed by atoms with van der Waals surface area (Å²) < 4.78 is 5.41.